The minimum absolute atomic E-state index is 0.0694. The molecule has 3 aromatic rings. The number of phenols is 1. The molecule has 0 amide bonds. The largest absolute Gasteiger partial charge is 0.507 e. The summed E-state index contributed by atoms with van der Waals surface area (Å²) < 4.78 is 10.6. The lowest BCUT2D eigenvalue weighted by Gasteiger charge is -2.11. The minimum Gasteiger partial charge on any atom is -0.507 e. The Bertz CT molecular complexity index is 947. The number of ether oxygens (including phenoxy) is 2. The van der Waals surface area contributed by atoms with Gasteiger partial charge in [0.15, 0.2) is 17.3 Å². The summed E-state index contributed by atoms with van der Waals surface area (Å²) in [5, 5.41) is 14.6. The normalized spacial score (nSPS) is 11.0. The Hall–Kier alpha value is -3.06. The third-order valence-electron chi connectivity index (χ3n) is 3.48. The van der Waals surface area contributed by atoms with Crippen LogP contribution in [0.5, 0.6) is 17.2 Å². The molecule has 1 aromatic heterocycles. The lowest BCUT2D eigenvalue weighted by atomic mass is 10.2. The molecule has 0 aliphatic heterocycles. The molecule has 0 bridgehead atoms. The number of nitrogens with one attached hydrogen (secondary N) is 1. The first-order valence-electron chi connectivity index (χ1n) is 7.28. The third kappa shape index (κ3) is 3.56. The van der Waals surface area contributed by atoms with E-state index in [-0.39, 0.29) is 11.0 Å². The zero-order valence-electron chi connectivity index (χ0n) is 13.5. The van der Waals surface area contributed by atoms with Gasteiger partial charge < -0.3 is 14.6 Å². The van der Waals surface area contributed by atoms with Crippen molar-refractivity contribution in [2.75, 3.05) is 19.6 Å². The number of rotatable bonds is 5. The summed E-state index contributed by atoms with van der Waals surface area (Å²) in [5.41, 5.74) is 3.97. The van der Waals surface area contributed by atoms with Crippen LogP contribution in [0.25, 0.3) is 10.9 Å². The van der Waals surface area contributed by atoms with E-state index >= 15 is 0 Å². The summed E-state index contributed by atoms with van der Waals surface area (Å²) in [6.45, 7) is 0. The second-order valence-corrected chi connectivity index (χ2v) is 5.33. The predicted octanol–water partition coefficient (Wildman–Crippen LogP) is 3.45. The molecule has 128 valence electrons. The van der Waals surface area contributed by atoms with Crippen molar-refractivity contribution in [2.45, 2.75) is 0 Å². The smallest absolute Gasteiger partial charge is 0.224 e. The van der Waals surface area contributed by atoms with Crippen molar-refractivity contribution in [3.63, 3.8) is 0 Å². The Labute approximate surface area is 148 Å². The predicted molar refractivity (Wildman–Crippen MR) is 97.0 cm³/mol. The van der Waals surface area contributed by atoms with E-state index in [9.17, 15) is 5.11 Å². The number of anilines is 1. The van der Waals surface area contributed by atoms with Gasteiger partial charge in [0.05, 0.1) is 26.0 Å². The number of aromatic nitrogens is 2. The maximum absolute atomic E-state index is 9.75. The molecule has 25 heavy (non-hydrogen) atoms. The van der Waals surface area contributed by atoms with Crippen LogP contribution in [0.2, 0.25) is 5.28 Å². The summed E-state index contributed by atoms with van der Waals surface area (Å²) in [6.07, 6.45) is 1.48. The van der Waals surface area contributed by atoms with Crippen molar-refractivity contribution < 1.29 is 14.6 Å². The lowest BCUT2D eigenvalue weighted by molar-refractivity contribution is 0.356. The van der Waals surface area contributed by atoms with Gasteiger partial charge in [-0.1, -0.05) is 12.1 Å². The maximum atomic E-state index is 9.75. The Morgan fingerprint density at radius 2 is 1.84 bits per heavy atom. The van der Waals surface area contributed by atoms with E-state index in [2.05, 4.69) is 20.5 Å². The van der Waals surface area contributed by atoms with E-state index < -0.39 is 0 Å². The van der Waals surface area contributed by atoms with Crippen LogP contribution in [-0.2, 0) is 0 Å². The number of phenolic OH excluding ortho intramolecular Hbond substituents is 1. The number of hydrazone groups is 1. The molecule has 0 aliphatic carbocycles. The lowest BCUT2D eigenvalue weighted by Crippen LogP contribution is -1.99. The van der Waals surface area contributed by atoms with Crippen LogP contribution in [0.4, 0.5) is 5.82 Å². The maximum Gasteiger partial charge on any atom is 0.224 e. The molecule has 3 rings (SSSR count). The Morgan fingerprint density at radius 3 is 2.56 bits per heavy atom. The molecule has 2 aromatic carbocycles. The molecule has 2 N–H and O–H groups in total. The Morgan fingerprint density at radius 1 is 1.12 bits per heavy atom. The van der Waals surface area contributed by atoms with Crippen molar-refractivity contribution in [3.05, 3.63) is 47.2 Å². The standard InChI is InChI=1S/C17H15ClN4O3/c1-24-14-7-11-12(8-15(14)25-2)20-17(18)21-16(11)22-19-9-10-5-3-4-6-13(10)23/h3-9,23H,1-2H3,(H,20,21,22). The van der Waals surface area contributed by atoms with Crippen molar-refractivity contribution in [1.29, 1.82) is 0 Å². The molecule has 1 heterocycles. The van der Waals surface area contributed by atoms with Crippen LogP contribution in [0.3, 0.4) is 0 Å². The van der Waals surface area contributed by atoms with E-state index in [0.29, 0.717) is 33.8 Å². The van der Waals surface area contributed by atoms with Gasteiger partial charge in [-0.15, -0.1) is 0 Å². The van der Waals surface area contributed by atoms with E-state index in [4.69, 9.17) is 21.1 Å². The van der Waals surface area contributed by atoms with Gasteiger partial charge in [0.1, 0.15) is 5.75 Å². The fourth-order valence-corrected chi connectivity index (χ4v) is 2.45. The fraction of sp³-hybridized carbons (Fsp3) is 0.118. The zero-order valence-corrected chi connectivity index (χ0v) is 14.3. The molecule has 0 radical (unpaired) electrons. The number of nitrogens with zero attached hydrogens (tertiary/aromatic N) is 3. The second-order valence-electron chi connectivity index (χ2n) is 4.99. The zero-order chi connectivity index (χ0) is 17.8. The first kappa shape index (κ1) is 16.8. The summed E-state index contributed by atoms with van der Waals surface area (Å²) in [6, 6.07) is 10.3. The average molecular weight is 359 g/mol. The van der Waals surface area contributed by atoms with Gasteiger partial charge in [0, 0.05) is 17.0 Å². The molecule has 0 fully saturated rings. The highest BCUT2D eigenvalue weighted by molar-refractivity contribution is 6.28. The quantitative estimate of drug-likeness (QED) is 0.412. The van der Waals surface area contributed by atoms with Crippen LogP contribution in [-0.4, -0.2) is 35.5 Å². The van der Waals surface area contributed by atoms with Gasteiger partial charge in [0.25, 0.3) is 0 Å². The topological polar surface area (TPSA) is 88.9 Å². The number of methoxy groups -OCH3 is 2. The number of para-hydroxylation sites is 1. The van der Waals surface area contributed by atoms with Crippen molar-refractivity contribution in [2.24, 2.45) is 5.10 Å². The van der Waals surface area contributed by atoms with Crippen molar-refractivity contribution in [3.8, 4) is 17.2 Å². The number of halogens is 1. The summed E-state index contributed by atoms with van der Waals surface area (Å²) in [4.78, 5) is 8.34. The molecule has 0 spiro atoms. The highest BCUT2D eigenvalue weighted by atomic mass is 35.5. The van der Waals surface area contributed by atoms with E-state index in [1.807, 2.05) is 0 Å². The van der Waals surface area contributed by atoms with E-state index in [0.717, 1.165) is 0 Å². The van der Waals surface area contributed by atoms with Crippen LogP contribution in [0.15, 0.2) is 41.5 Å². The van der Waals surface area contributed by atoms with Crippen molar-refractivity contribution in [1.82, 2.24) is 9.97 Å². The molecular weight excluding hydrogens is 344 g/mol. The number of hydrogen-bond donors (Lipinski definition) is 2. The summed E-state index contributed by atoms with van der Waals surface area (Å²) in [5.74, 6) is 1.61. The van der Waals surface area contributed by atoms with Crippen LogP contribution >= 0.6 is 11.6 Å². The van der Waals surface area contributed by atoms with Gasteiger partial charge in [-0.3, -0.25) is 5.43 Å². The SMILES string of the molecule is COc1cc2nc(Cl)nc(NN=Cc3ccccc3O)c2cc1OC. The molecule has 7 nitrogen and oxygen atoms in total. The molecule has 0 atom stereocenters. The third-order valence-corrected chi connectivity index (χ3v) is 3.65. The van der Waals surface area contributed by atoms with Crippen molar-refractivity contribution >= 4 is 34.5 Å². The Kier molecular flexibility index (Phi) is 4.85. The summed E-state index contributed by atoms with van der Waals surface area (Å²) in [7, 11) is 3.09. The Balaban J connectivity index is 1.99. The first-order valence-corrected chi connectivity index (χ1v) is 7.66. The number of benzene rings is 2. The first-order chi connectivity index (χ1) is 12.1. The van der Waals surface area contributed by atoms with E-state index in [1.54, 1.807) is 50.6 Å². The molecule has 0 aliphatic rings. The minimum atomic E-state index is 0.0694. The monoisotopic (exact) mass is 358 g/mol. The highest BCUT2D eigenvalue weighted by Crippen LogP contribution is 2.34. The van der Waals surface area contributed by atoms with Gasteiger partial charge in [-0.2, -0.15) is 10.1 Å². The summed E-state index contributed by atoms with van der Waals surface area (Å²) >= 11 is 5.99. The fourth-order valence-electron chi connectivity index (χ4n) is 2.27. The van der Waals surface area contributed by atoms with Gasteiger partial charge in [-0.05, 0) is 29.8 Å². The average Bonchev–Trinajstić information content (AvgIpc) is 2.62. The number of fused-ring (bicyclic) bond motifs is 1. The second kappa shape index (κ2) is 7.23. The van der Waals surface area contributed by atoms with E-state index in [1.165, 1.54) is 6.21 Å². The molecule has 0 unspecified atom stereocenters. The van der Waals surface area contributed by atoms with Crippen LogP contribution in [0, 0.1) is 0 Å². The van der Waals surface area contributed by atoms with Crippen LogP contribution in [0.1, 0.15) is 5.56 Å². The molecular formula is C17H15ClN4O3. The van der Waals surface area contributed by atoms with Gasteiger partial charge in [0.2, 0.25) is 5.28 Å². The molecule has 0 saturated heterocycles. The number of hydrogen-bond acceptors (Lipinski definition) is 7. The van der Waals surface area contributed by atoms with Crippen LogP contribution < -0.4 is 14.9 Å². The van der Waals surface area contributed by atoms with Gasteiger partial charge >= 0.3 is 0 Å². The molecule has 0 saturated carbocycles. The van der Waals surface area contributed by atoms with Gasteiger partial charge in [-0.25, -0.2) is 4.98 Å². The number of aromatic hydroxyl groups is 1. The highest BCUT2D eigenvalue weighted by Gasteiger charge is 2.12. The molecule has 8 heteroatoms.